The number of hydrogen-bond donors (Lipinski definition) is 0. The first-order chi connectivity index (χ1) is 9.70. The van der Waals surface area contributed by atoms with Crippen LogP contribution in [0.5, 0.6) is 0 Å². The molecule has 0 N–H and O–H groups in total. The molecular weight excluding hydrogens is 250 g/mol. The van der Waals surface area contributed by atoms with Crippen LogP contribution in [0.1, 0.15) is 17.0 Å². The first kappa shape index (κ1) is 12.5. The molecule has 3 aromatic rings. The van der Waals surface area contributed by atoms with Gasteiger partial charge >= 0.3 is 0 Å². The lowest BCUT2D eigenvalue weighted by Gasteiger charge is -2.10. The van der Waals surface area contributed by atoms with E-state index in [4.69, 9.17) is 0 Å². The first-order valence-electron chi connectivity index (χ1n) is 6.55. The van der Waals surface area contributed by atoms with Crippen molar-refractivity contribution in [2.24, 2.45) is 0 Å². The van der Waals surface area contributed by atoms with E-state index < -0.39 is 0 Å². The lowest BCUT2D eigenvalue weighted by Crippen LogP contribution is -2.07. The van der Waals surface area contributed by atoms with Crippen molar-refractivity contribution < 1.29 is 4.79 Å². The molecule has 0 aliphatic rings. The minimum atomic E-state index is 0.365. The van der Waals surface area contributed by atoms with Gasteiger partial charge in [-0.05, 0) is 26.0 Å². The van der Waals surface area contributed by atoms with E-state index in [0.717, 1.165) is 34.1 Å². The summed E-state index contributed by atoms with van der Waals surface area (Å²) < 4.78 is 1.97. The van der Waals surface area contributed by atoms with E-state index in [-0.39, 0.29) is 0 Å². The Morgan fingerprint density at radius 2 is 1.80 bits per heavy atom. The predicted molar refractivity (Wildman–Crippen MR) is 78.1 cm³/mol. The Hall–Kier alpha value is -2.49. The summed E-state index contributed by atoms with van der Waals surface area (Å²) in [5.74, 6) is 0.649. The van der Waals surface area contributed by atoms with Gasteiger partial charge in [-0.3, -0.25) is 4.57 Å². The van der Waals surface area contributed by atoms with Crippen LogP contribution in [0.2, 0.25) is 0 Å². The molecule has 0 aliphatic carbocycles. The molecule has 0 saturated heterocycles. The highest BCUT2D eigenvalue weighted by atomic mass is 16.1. The molecule has 4 nitrogen and oxygen atoms in total. The van der Waals surface area contributed by atoms with Gasteiger partial charge in [-0.25, -0.2) is 9.97 Å². The lowest BCUT2D eigenvalue weighted by atomic mass is 10.1. The summed E-state index contributed by atoms with van der Waals surface area (Å²) in [6.07, 6.45) is 3.23. The van der Waals surface area contributed by atoms with Gasteiger partial charge in [-0.2, -0.15) is 0 Å². The van der Waals surface area contributed by atoms with Crippen molar-refractivity contribution in [1.82, 2.24) is 14.5 Å². The number of benzene rings is 1. The molecule has 0 spiro atoms. The van der Waals surface area contributed by atoms with E-state index >= 15 is 0 Å². The van der Waals surface area contributed by atoms with E-state index in [1.165, 1.54) is 0 Å². The van der Waals surface area contributed by atoms with Crippen molar-refractivity contribution in [2.45, 2.75) is 20.3 Å². The van der Waals surface area contributed by atoms with Crippen LogP contribution in [0.15, 0.2) is 36.5 Å². The van der Waals surface area contributed by atoms with Crippen LogP contribution < -0.4 is 0 Å². The van der Waals surface area contributed by atoms with Crippen molar-refractivity contribution in [3.63, 3.8) is 0 Å². The van der Waals surface area contributed by atoms with Gasteiger partial charge in [0.15, 0.2) is 0 Å². The molecule has 0 aliphatic heterocycles. The maximum atomic E-state index is 10.7. The summed E-state index contributed by atoms with van der Waals surface area (Å²) >= 11 is 0. The minimum Gasteiger partial charge on any atom is -0.303 e. The maximum absolute atomic E-state index is 10.7. The Bertz CT molecular complexity index is 766. The molecule has 0 amide bonds. The van der Waals surface area contributed by atoms with Crippen LogP contribution in [-0.2, 0) is 11.2 Å². The second-order valence-electron chi connectivity index (χ2n) is 4.79. The second kappa shape index (κ2) is 4.89. The van der Waals surface area contributed by atoms with E-state index in [1.807, 2.05) is 48.9 Å². The van der Waals surface area contributed by atoms with Gasteiger partial charge in [0.25, 0.3) is 0 Å². The quantitative estimate of drug-likeness (QED) is 0.684. The largest absolute Gasteiger partial charge is 0.303 e. The van der Waals surface area contributed by atoms with Crippen LogP contribution in [-0.4, -0.2) is 20.8 Å². The average Bonchev–Trinajstić information content (AvgIpc) is 2.86. The summed E-state index contributed by atoms with van der Waals surface area (Å²) in [6, 6.07) is 10.2. The fourth-order valence-electron chi connectivity index (χ4n) is 2.47. The third-order valence-corrected chi connectivity index (χ3v) is 3.51. The molecule has 4 heteroatoms. The zero-order valence-corrected chi connectivity index (χ0v) is 11.5. The van der Waals surface area contributed by atoms with Crippen LogP contribution in [0.25, 0.3) is 16.9 Å². The van der Waals surface area contributed by atoms with Gasteiger partial charge in [-0.15, -0.1) is 0 Å². The monoisotopic (exact) mass is 265 g/mol. The Morgan fingerprint density at radius 1 is 1.10 bits per heavy atom. The maximum Gasteiger partial charge on any atom is 0.234 e. The third-order valence-electron chi connectivity index (χ3n) is 3.51. The van der Waals surface area contributed by atoms with E-state index in [2.05, 4.69) is 16.0 Å². The SMILES string of the molecule is Cc1nc(-n2ccc3ccccc32)nc(C)c1CC=O. The van der Waals surface area contributed by atoms with Gasteiger partial charge < -0.3 is 4.79 Å². The molecule has 3 rings (SSSR count). The number of aryl methyl sites for hydroxylation is 2. The number of fused-ring (bicyclic) bond motifs is 1. The van der Waals surface area contributed by atoms with Crippen LogP contribution >= 0.6 is 0 Å². The summed E-state index contributed by atoms with van der Waals surface area (Å²) in [7, 11) is 0. The molecule has 1 aromatic carbocycles. The van der Waals surface area contributed by atoms with Gasteiger partial charge in [0.2, 0.25) is 5.95 Å². The van der Waals surface area contributed by atoms with Crippen molar-refractivity contribution in [2.75, 3.05) is 0 Å². The summed E-state index contributed by atoms with van der Waals surface area (Å²) in [5.41, 5.74) is 3.71. The zero-order chi connectivity index (χ0) is 14.1. The van der Waals surface area contributed by atoms with E-state index in [9.17, 15) is 4.79 Å². The lowest BCUT2D eigenvalue weighted by molar-refractivity contribution is -0.107. The highest BCUT2D eigenvalue weighted by molar-refractivity contribution is 5.81. The number of hydrogen-bond acceptors (Lipinski definition) is 3. The number of rotatable bonds is 3. The fourth-order valence-corrected chi connectivity index (χ4v) is 2.47. The molecule has 0 saturated carbocycles. The highest BCUT2D eigenvalue weighted by Gasteiger charge is 2.10. The Balaban J connectivity index is 2.18. The molecule has 2 heterocycles. The van der Waals surface area contributed by atoms with Crippen molar-refractivity contribution >= 4 is 17.2 Å². The molecule has 100 valence electrons. The normalized spacial score (nSPS) is 10.9. The molecule has 0 atom stereocenters. The minimum absolute atomic E-state index is 0.365. The summed E-state index contributed by atoms with van der Waals surface area (Å²) in [5, 5.41) is 1.16. The van der Waals surface area contributed by atoms with Crippen LogP contribution in [0, 0.1) is 13.8 Å². The fraction of sp³-hybridized carbons (Fsp3) is 0.188. The summed E-state index contributed by atoms with van der Waals surface area (Å²) in [6.45, 7) is 3.84. The molecule has 0 fully saturated rings. The number of para-hydroxylation sites is 1. The number of carbonyl (C=O) groups is 1. The predicted octanol–water partition coefficient (Wildman–Crippen LogP) is 2.78. The van der Waals surface area contributed by atoms with Gasteiger partial charge in [0, 0.05) is 35.0 Å². The van der Waals surface area contributed by atoms with Crippen molar-refractivity contribution in [1.29, 1.82) is 0 Å². The standard InChI is InChI=1S/C16H15N3O/c1-11-14(8-10-20)12(2)18-16(17-11)19-9-7-13-5-3-4-6-15(13)19/h3-7,9-10H,8H2,1-2H3. The number of aromatic nitrogens is 3. The van der Waals surface area contributed by atoms with Gasteiger partial charge in [-0.1, -0.05) is 18.2 Å². The topological polar surface area (TPSA) is 47.8 Å². The molecular formula is C16H15N3O. The molecule has 0 radical (unpaired) electrons. The first-order valence-corrected chi connectivity index (χ1v) is 6.55. The zero-order valence-electron chi connectivity index (χ0n) is 11.5. The van der Waals surface area contributed by atoms with Crippen molar-refractivity contribution in [3.8, 4) is 5.95 Å². The Kier molecular flexibility index (Phi) is 3.06. The van der Waals surface area contributed by atoms with Crippen LogP contribution in [0.3, 0.4) is 0 Å². The highest BCUT2D eigenvalue weighted by Crippen LogP contribution is 2.19. The van der Waals surface area contributed by atoms with Crippen LogP contribution in [0.4, 0.5) is 0 Å². The molecule has 0 unspecified atom stereocenters. The molecule has 2 aromatic heterocycles. The van der Waals surface area contributed by atoms with Crippen molar-refractivity contribution in [3.05, 3.63) is 53.5 Å². The smallest absolute Gasteiger partial charge is 0.234 e. The third kappa shape index (κ3) is 1.99. The number of carbonyl (C=O) groups excluding carboxylic acids is 1. The Morgan fingerprint density at radius 3 is 2.50 bits per heavy atom. The van der Waals surface area contributed by atoms with Gasteiger partial charge in [0.1, 0.15) is 6.29 Å². The van der Waals surface area contributed by atoms with Gasteiger partial charge in [0.05, 0.1) is 5.52 Å². The average molecular weight is 265 g/mol. The summed E-state index contributed by atoms with van der Waals surface area (Å²) in [4.78, 5) is 19.8. The van der Waals surface area contributed by atoms with E-state index in [0.29, 0.717) is 12.4 Å². The molecule has 0 bridgehead atoms. The Labute approximate surface area is 117 Å². The van der Waals surface area contributed by atoms with E-state index in [1.54, 1.807) is 0 Å². The number of nitrogens with zero attached hydrogens (tertiary/aromatic N) is 3. The second-order valence-corrected chi connectivity index (χ2v) is 4.79. The number of aldehydes is 1. The molecule has 20 heavy (non-hydrogen) atoms.